The Labute approximate surface area is 248 Å². The van der Waals surface area contributed by atoms with Gasteiger partial charge in [0.05, 0.1) is 16.7 Å². The number of carbonyl (C=O) groups is 1. The van der Waals surface area contributed by atoms with Crippen molar-refractivity contribution in [1.29, 1.82) is 0 Å². The van der Waals surface area contributed by atoms with Crippen molar-refractivity contribution in [3.8, 4) is 11.5 Å². The molecule has 212 valence electrons. The normalized spacial score (nSPS) is 14.4. The van der Waals surface area contributed by atoms with E-state index in [-0.39, 0.29) is 5.91 Å². The molecule has 41 heavy (non-hydrogen) atoms. The van der Waals surface area contributed by atoms with E-state index in [0.29, 0.717) is 41.9 Å². The maximum Gasteiger partial charge on any atom is 0.255 e. The minimum atomic E-state index is -0.551. The van der Waals surface area contributed by atoms with Crippen molar-refractivity contribution in [1.82, 2.24) is 14.8 Å². The number of halogens is 1. The van der Waals surface area contributed by atoms with Crippen molar-refractivity contribution in [3.05, 3.63) is 104 Å². The molecule has 0 spiro atoms. The molecule has 0 radical (unpaired) electrons. The average molecular weight is 617 g/mol. The van der Waals surface area contributed by atoms with Gasteiger partial charge >= 0.3 is 0 Å². The number of amides is 1. The monoisotopic (exact) mass is 615 g/mol. The molecule has 0 fully saturated rings. The van der Waals surface area contributed by atoms with Crippen LogP contribution in [0.1, 0.15) is 53.3 Å². The minimum absolute atomic E-state index is 0.230. The highest BCUT2D eigenvalue weighted by molar-refractivity contribution is 9.10. The number of hydrogen-bond acceptors (Lipinski definition) is 6. The molecule has 0 bridgehead atoms. The van der Waals surface area contributed by atoms with Crippen LogP contribution in [0.25, 0.3) is 0 Å². The van der Waals surface area contributed by atoms with Crippen LogP contribution in [0.5, 0.6) is 11.5 Å². The van der Waals surface area contributed by atoms with E-state index in [1.807, 2.05) is 57.2 Å². The van der Waals surface area contributed by atoms with Crippen molar-refractivity contribution in [2.75, 3.05) is 17.2 Å². The van der Waals surface area contributed by atoms with E-state index in [1.165, 1.54) is 23.0 Å². The number of allylic oxidation sites excluding steroid dienone is 1. The highest BCUT2D eigenvalue weighted by Gasteiger charge is 2.34. The predicted molar refractivity (Wildman–Crippen MR) is 165 cm³/mol. The van der Waals surface area contributed by atoms with E-state index in [1.54, 1.807) is 4.68 Å². The maximum atomic E-state index is 13.8. The second-order valence-electron chi connectivity index (χ2n) is 10.3. The van der Waals surface area contributed by atoms with E-state index in [2.05, 4.69) is 69.6 Å². The van der Waals surface area contributed by atoms with Crippen molar-refractivity contribution >= 4 is 33.5 Å². The molecule has 3 aromatic carbocycles. The first-order chi connectivity index (χ1) is 19.7. The molecule has 0 aliphatic carbocycles. The highest BCUT2D eigenvalue weighted by Crippen LogP contribution is 2.43. The fourth-order valence-electron chi connectivity index (χ4n) is 5.09. The van der Waals surface area contributed by atoms with Gasteiger partial charge in [-0.1, -0.05) is 24.3 Å². The molecule has 5 rings (SSSR count). The van der Waals surface area contributed by atoms with E-state index in [9.17, 15) is 4.79 Å². The number of hydrogen-bond donors (Lipinski definition) is 2. The van der Waals surface area contributed by atoms with Gasteiger partial charge in [-0.15, -0.1) is 0 Å². The number of anilines is 2. The number of ether oxygens (including phenoxy) is 2. The Morgan fingerprint density at radius 1 is 1.02 bits per heavy atom. The summed E-state index contributed by atoms with van der Waals surface area (Å²) in [5.74, 6) is 1.51. The SMILES string of the molecule is CCOc1cc(C2C(C(=O)Nc3cccc(C)c3)=C(C)Nc3ncnn32)cc(Br)c1OCc1cc(C)c(C)cc1C. The predicted octanol–water partition coefficient (Wildman–Crippen LogP) is 7.18. The zero-order valence-electron chi connectivity index (χ0n) is 24.1. The van der Waals surface area contributed by atoms with Gasteiger partial charge in [0.1, 0.15) is 19.0 Å². The van der Waals surface area contributed by atoms with Crippen molar-refractivity contribution in [3.63, 3.8) is 0 Å². The lowest BCUT2D eigenvalue weighted by Crippen LogP contribution is -2.31. The number of benzene rings is 3. The lowest BCUT2D eigenvalue weighted by atomic mass is 9.94. The van der Waals surface area contributed by atoms with Crippen LogP contribution in [0.15, 0.2) is 70.6 Å². The fourth-order valence-corrected chi connectivity index (χ4v) is 5.66. The van der Waals surface area contributed by atoms with Crippen LogP contribution in [-0.4, -0.2) is 27.3 Å². The Bertz CT molecular complexity index is 1660. The van der Waals surface area contributed by atoms with Crippen LogP contribution in [0.2, 0.25) is 0 Å². The van der Waals surface area contributed by atoms with Crippen molar-refractivity contribution in [2.45, 2.75) is 54.2 Å². The molecule has 1 atom stereocenters. The summed E-state index contributed by atoms with van der Waals surface area (Å²) in [5.41, 5.74) is 8.58. The summed E-state index contributed by atoms with van der Waals surface area (Å²) in [6.45, 7) is 13.0. The Hall–Kier alpha value is -4.11. The van der Waals surface area contributed by atoms with Gasteiger partial charge in [-0.2, -0.15) is 10.1 Å². The Morgan fingerprint density at radius 2 is 1.80 bits per heavy atom. The second kappa shape index (κ2) is 11.8. The summed E-state index contributed by atoms with van der Waals surface area (Å²) in [4.78, 5) is 18.1. The molecular formula is C32H34BrN5O3. The molecule has 1 aliphatic heterocycles. The number of nitrogens with one attached hydrogen (secondary N) is 2. The number of nitrogens with zero attached hydrogens (tertiary/aromatic N) is 3. The summed E-state index contributed by atoms with van der Waals surface area (Å²) in [5, 5.41) is 10.8. The summed E-state index contributed by atoms with van der Waals surface area (Å²) in [7, 11) is 0. The quantitative estimate of drug-likeness (QED) is 0.218. The lowest BCUT2D eigenvalue weighted by Gasteiger charge is -2.29. The molecule has 2 heterocycles. The molecule has 0 saturated heterocycles. The molecule has 4 aromatic rings. The zero-order chi connectivity index (χ0) is 29.3. The maximum absolute atomic E-state index is 13.8. The third kappa shape index (κ3) is 5.86. The molecule has 1 aliphatic rings. The van der Waals surface area contributed by atoms with E-state index >= 15 is 0 Å². The number of rotatable bonds is 8. The number of carbonyl (C=O) groups excluding carboxylic acids is 1. The van der Waals surface area contributed by atoms with Gasteiger partial charge in [0.15, 0.2) is 11.5 Å². The largest absolute Gasteiger partial charge is 0.490 e. The first-order valence-electron chi connectivity index (χ1n) is 13.6. The highest BCUT2D eigenvalue weighted by atomic mass is 79.9. The molecule has 8 nitrogen and oxygen atoms in total. The molecule has 9 heteroatoms. The molecule has 1 amide bonds. The van der Waals surface area contributed by atoms with Crippen LogP contribution < -0.4 is 20.1 Å². The van der Waals surface area contributed by atoms with Crippen LogP contribution in [0.4, 0.5) is 11.6 Å². The molecular weight excluding hydrogens is 582 g/mol. The summed E-state index contributed by atoms with van der Waals surface area (Å²) < 4.78 is 14.9. The molecule has 2 N–H and O–H groups in total. The molecule has 1 aromatic heterocycles. The topological polar surface area (TPSA) is 90.3 Å². The van der Waals surface area contributed by atoms with Crippen molar-refractivity contribution in [2.24, 2.45) is 0 Å². The first-order valence-corrected chi connectivity index (χ1v) is 14.4. The van der Waals surface area contributed by atoms with Crippen LogP contribution >= 0.6 is 15.9 Å². The van der Waals surface area contributed by atoms with E-state index in [0.717, 1.165) is 26.9 Å². The first kappa shape index (κ1) is 28.4. The van der Waals surface area contributed by atoms with Crippen LogP contribution in [-0.2, 0) is 11.4 Å². The number of aryl methyl sites for hydroxylation is 4. The van der Waals surface area contributed by atoms with Gasteiger partial charge in [-0.3, -0.25) is 4.79 Å². The Kier molecular flexibility index (Phi) is 8.17. The zero-order valence-corrected chi connectivity index (χ0v) is 25.7. The van der Waals surface area contributed by atoms with E-state index < -0.39 is 6.04 Å². The molecule has 0 saturated carbocycles. The Morgan fingerprint density at radius 3 is 2.56 bits per heavy atom. The third-order valence-electron chi connectivity index (χ3n) is 7.29. The minimum Gasteiger partial charge on any atom is -0.490 e. The lowest BCUT2D eigenvalue weighted by molar-refractivity contribution is -0.113. The average Bonchev–Trinajstić information content (AvgIpc) is 3.38. The number of fused-ring (bicyclic) bond motifs is 1. The standard InChI is InChI=1S/C32H34BrN5O3/c1-7-40-27-15-23(14-26(33)30(27)41-16-24-13-20(4)19(3)12-21(24)5)29-28(22(6)36-32-34-17-35-38(29)32)31(39)37-25-10-8-9-18(2)11-25/h8-15,17,29H,7,16H2,1-6H3,(H,37,39)(H,34,35,36). The summed E-state index contributed by atoms with van der Waals surface area (Å²) >= 11 is 3.73. The summed E-state index contributed by atoms with van der Waals surface area (Å²) in [6.07, 6.45) is 1.48. The second-order valence-corrected chi connectivity index (χ2v) is 11.2. The Balaban J connectivity index is 1.53. The van der Waals surface area contributed by atoms with Gasteiger partial charge in [-0.05, 0) is 115 Å². The van der Waals surface area contributed by atoms with Gasteiger partial charge in [-0.25, -0.2) is 4.68 Å². The van der Waals surface area contributed by atoms with Gasteiger partial charge in [0.2, 0.25) is 5.95 Å². The number of aromatic nitrogens is 3. The van der Waals surface area contributed by atoms with Gasteiger partial charge in [0.25, 0.3) is 5.91 Å². The third-order valence-corrected chi connectivity index (χ3v) is 7.88. The molecule has 1 unspecified atom stereocenters. The fraction of sp³-hybridized carbons (Fsp3) is 0.281. The summed E-state index contributed by atoms with van der Waals surface area (Å²) in [6, 6.07) is 15.4. The van der Waals surface area contributed by atoms with E-state index in [4.69, 9.17) is 9.47 Å². The van der Waals surface area contributed by atoms with Crippen molar-refractivity contribution < 1.29 is 14.3 Å². The van der Waals surface area contributed by atoms with Crippen LogP contribution in [0, 0.1) is 27.7 Å². The van der Waals surface area contributed by atoms with Crippen LogP contribution in [0.3, 0.4) is 0 Å². The smallest absolute Gasteiger partial charge is 0.255 e. The van der Waals surface area contributed by atoms with Gasteiger partial charge in [0, 0.05) is 11.4 Å². The van der Waals surface area contributed by atoms with Gasteiger partial charge < -0.3 is 20.1 Å².